The maximum absolute atomic E-state index is 13.4. The third-order valence-corrected chi connectivity index (χ3v) is 4.36. The highest BCUT2D eigenvalue weighted by Crippen LogP contribution is 2.52. The van der Waals surface area contributed by atoms with Crippen molar-refractivity contribution in [2.75, 3.05) is 0 Å². The molecular formula is C20H20FN3. The molecular weight excluding hydrogens is 301 g/mol. The van der Waals surface area contributed by atoms with E-state index in [4.69, 9.17) is 0 Å². The molecule has 4 heteroatoms. The Kier molecular flexibility index (Phi) is 4.65. The van der Waals surface area contributed by atoms with Gasteiger partial charge in [0.15, 0.2) is 5.82 Å². The molecule has 0 aliphatic heterocycles. The zero-order chi connectivity index (χ0) is 17.1. The van der Waals surface area contributed by atoms with Gasteiger partial charge in [-0.25, -0.2) is 14.4 Å². The summed E-state index contributed by atoms with van der Waals surface area (Å²) in [6.45, 7) is 7.59. The quantitative estimate of drug-likeness (QED) is 0.596. The van der Waals surface area contributed by atoms with Crippen LogP contribution in [0.4, 0.5) is 4.39 Å². The van der Waals surface area contributed by atoms with Crippen molar-refractivity contribution in [3.8, 4) is 0 Å². The summed E-state index contributed by atoms with van der Waals surface area (Å²) in [5.41, 5.74) is 3.73. The first-order valence-corrected chi connectivity index (χ1v) is 8.00. The number of nitrogens with zero attached hydrogens (tertiary/aromatic N) is 3. The fourth-order valence-corrected chi connectivity index (χ4v) is 2.85. The second-order valence-electron chi connectivity index (χ2n) is 6.08. The summed E-state index contributed by atoms with van der Waals surface area (Å²) in [4.78, 5) is 12.9. The van der Waals surface area contributed by atoms with E-state index >= 15 is 0 Å². The number of allylic oxidation sites excluding steroid dienone is 2. The van der Waals surface area contributed by atoms with Gasteiger partial charge in [-0.15, -0.1) is 0 Å². The zero-order valence-corrected chi connectivity index (χ0v) is 13.9. The molecule has 2 aromatic rings. The lowest BCUT2D eigenvalue weighted by molar-refractivity contribution is 0.617. The number of aryl methyl sites for hydroxylation is 1. The van der Waals surface area contributed by atoms with Crippen molar-refractivity contribution in [1.82, 2.24) is 9.97 Å². The van der Waals surface area contributed by atoms with Crippen LogP contribution in [0, 0.1) is 18.7 Å². The van der Waals surface area contributed by atoms with Crippen LogP contribution in [-0.2, 0) is 0 Å². The van der Waals surface area contributed by atoms with Crippen LogP contribution in [0.5, 0.6) is 0 Å². The molecule has 2 unspecified atom stereocenters. The van der Waals surface area contributed by atoms with Gasteiger partial charge in [0.25, 0.3) is 0 Å². The standard InChI is InChI=1S/C20H20FN3/c1-4-15(12-24-14(3)20-22-8-5-9-23-20)17-11-18(17)16-6-7-19(21)13(2)10-16/h4-10,12,17-18H,1,11H2,2-3H3/b15-12+,24-14+. The SMILES string of the molecule is C=C/C(=C\N=C(/C)c1ncccn1)C1CC1c1ccc(F)c(C)c1. The van der Waals surface area contributed by atoms with Gasteiger partial charge in [-0.1, -0.05) is 24.8 Å². The van der Waals surface area contributed by atoms with Gasteiger partial charge in [0.05, 0.1) is 5.71 Å². The summed E-state index contributed by atoms with van der Waals surface area (Å²) in [6, 6.07) is 7.14. The molecule has 0 amide bonds. The molecule has 1 heterocycles. The van der Waals surface area contributed by atoms with E-state index in [-0.39, 0.29) is 5.82 Å². The molecule has 0 spiro atoms. The molecule has 3 nitrogen and oxygen atoms in total. The lowest BCUT2D eigenvalue weighted by Crippen LogP contribution is -2.00. The summed E-state index contributed by atoms with van der Waals surface area (Å²) in [5, 5.41) is 0. The maximum Gasteiger partial charge on any atom is 0.173 e. The normalized spacial score (nSPS) is 20.8. The van der Waals surface area contributed by atoms with Crippen LogP contribution in [-0.4, -0.2) is 15.7 Å². The summed E-state index contributed by atoms with van der Waals surface area (Å²) in [5.74, 6) is 1.27. The Labute approximate surface area is 141 Å². The fraction of sp³-hybridized carbons (Fsp3) is 0.250. The van der Waals surface area contributed by atoms with Crippen molar-refractivity contribution in [3.05, 3.63) is 83.9 Å². The van der Waals surface area contributed by atoms with E-state index in [2.05, 4.69) is 21.5 Å². The lowest BCUT2D eigenvalue weighted by atomic mass is 10.0. The van der Waals surface area contributed by atoms with Crippen molar-refractivity contribution in [1.29, 1.82) is 0 Å². The first-order chi connectivity index (χ1) is 11.6. The predicted molar refractivity (Wildman–Crippen MR) is 94.5 cm³/mol. The molecule has 1 aromatic heterocycles. The maximum atomic E-state index is 13.4. The molecule has 3 rings (SSSR count). The molecule has 1 aromatic carbocycles. The number of aromatic nitrogens is 2. The average Bonchev–Trinajstić information content (AvgIpc) is 3.39. The third-order valence-electron chi connectivity index (χ3n) is 4.36. The Morgan fingerprint density at radius 2 is 2.08 bits per heavy atom. The second kappa shape index (κ2) is 6.87. The Hall–Kier alpha value is -2.62. The molecule has 24 heavy (non-hydrogen) atoms. The third kappa shape index (κ3) is 3.48. The Morgan fingerprint density at radius 1 is 1.33 bits per heavy atom. The van der Waals surface area contributed by atoms with E-state index in [1.807, 2.05) is 31.3 Å². The molecule has 1 fully saturated rings. The van der Waals surface area contributed by atoms with E-state index < -0.39 is 0 Å². The first-order valence-electron chi connectivity index (χ1n) is 8.00. The van der Waals surface area contributed by atoms with E-state index in [0.29, 0.717) is 23.2 Å². The number of aliphatic imine (C=N–C) groups is 1. The van der Waals surface area contributed by atoms with Crippen molar-refractivity contribution in [3.63, 3.8) is 0 Å². The monoisotopic (exact) mass is 321 g/mol. The minimum absolute atomic E-state index is 0.154. The molecule has 1 saturated carbocycles. The Morgan fingerprint density at radius 3 is 2.75 bits per heavy atom. The van der Waals surface area contributed by atoms with Gasteiger partial charge in [0.2, 0.25) is 0 Å². The Bertz CT molecular complexity index is 809. The van der Waals surface area contributed by atoms with Crippen LogP contribution < -0.4 is 0 Å². The van der Waals surface area contributed by atoms with Crippen LogP contribution in [0.15, 0.2) is 66.1 Å². The minimum atomic E-state index is -0.154. The van der Waals surface area contributed by atoms with Gasteiger partial charge in [-0.2, -0.15) is 0 Å². The molecule has 0 N–H and O–H groups in total. The van der Waals surface area contributed by atoms with Crippen LogP contribution in [0.1, 0.15) is 36.2 Å². The van der Waals surface area contributed by atoms with Gasteiger partial charge in [-0.3, -0.25) is 4.99 Å². The largest absolute Gasteiger partial charge is 0.257 e. The predicted octanol–water partition coefficient (Wildman–Crippen LogP) is 4.61. The summed E-state index contributed by atoms with van der Waals surface area (Å²) in [7, 11) is 0. The molecule has 0 saturated heterocycles. The van der Waals surface area contributed by atoms with Crippen LogP contribution >= 0.6 is 0 Å². The van der Waals surface area contributed by atoms with Crippen LogP contribution in [0.2, 0.25) is 0 Å². The van der Waals surface area contributed by atoms with Crippen molar-refractivity contribution in [2.45, 2.75) is 26.2 Å². The summed E-state index contributed by atoms with van der Waals surface area (Å²) < 4.78 is 13.4. The van der Waals surface area contributed by atoms with E-state index in [1.54, 1.807) is 31.5 Å². The zero-order valence-electron chi connectivity index (χ0n) is 13.9. The van der Waals surface area contributed by atoms with Crippen LogP contribution in [0.25, 0.3) is 0 Å². The second-order valence-corrected chi connectivity index (χ2v) is 6.08. The summed E-state index contributed by atoms with van der Waals surface area (Å²) in [6.07, 6.45) is 8.14. The topological polar surface area (TPSA) is 38.1 Å². The van der Waals surface area contributed by atoms with Crippen molar-refractivity contribution < 1.29 is 4.39 Å². The summed E-state index contributed by atoms with van der Waals surface area (Å²) >= 11 is 0. The van der Waals surface area contributed by atoms with Crippen molar-refractivity contribution in [2.24, 2.45) is 10.9 Å². The first kappa shape index (κ1) is 16.2. The number of hydrogen-bond donors (Lipinski definition) is 0. The van der Waals surface area contributed by atoms with E-state index in [1.165, 1.54) is 5.56 Å². The molecule has 0 bridgehead atoms. The molecule has 1 aliphatic carbocycles. The molecule has 122 valence electrons. The van der Waals surface area contributed by atoms with Gasteiger partial charge in [-0.05, 0) is 60.9 Å². The number of hydrogen-bond acceptors (Lipinski definition) is 3. The van der Waals surface area contributed by atoms with Gasteiger partial charge < -0.3 is 0 Å². The van der Waals surface area contributed by atoms with Gasteiger partial charge in [0, 0.05) is 18.6 Å². The van der Waals surface area contributed by atoms with Crippen LogP contribution in [0.3, 0.4) is 0 Å². The fourth-order valence-electron chi connectivity index (χ4n) is 2.85. The Balaban J connectivity index is 1.76. The molecule has 2 atom stereocenters. The van der Waals surface area contributed by atoms with Gasteiger partial charge in [0.1, 0.15) is 5.82 Å². The van der Waals surface area contributed by atoms with Gasteiger partial charge >= 0.3 is 0 Å². The minimum Gasteiger partial charge on any atom is -0.257 e. The average molecular weight is 321 g/mol. The van der Waals surface area contributed by atoms with E-state index in [0.717, 1.165) is 17.7 Å². The van der Waals surface area contributed by atoms with E-state index in [9.17, 15) is 4.39 Å². The number of rotatable bonds is 5. The highest BCUT2D eigenvalue weighted by atomic mass is 19.1. The lowest BCUT2D eigenvalue weighted by Gasteiger charge is -2.04. The smallest absolute Gasteiger partial charge is 0.173 e. The molecule has 0 radical (unpaired) electrons. The number of benzene rings is 1. The highest BCUT2D eigenvalue weighted by molar-refractivity contribution is 5.95. The van der Waals surface area contributed by atoms with Crippen molar-refractivity contribution >= 4 is 5.71 Å². The molecule has 1 aliphatic rings. The number of halogens is 1. The highest BCUT2D eigenvalue weighted by Gasteiger charge is 2.40.